The summed E-state index contributed by atoms with van der Waals surface area (Å²) in [5.74, 6) is 0.144. The molecule has 3 heterocycles. The first-order valence-corrected chi connectivity index (χ1v) is 8.60. The van der Waals surface area contributed by atoms with Crippen molar-refractivity contribution in [2.75, 3.05) is 26.3 Å². The Kier molecular flexibility index (Phi) is 4.24. The lowest BCUT2D eigenvalue weighted by molar-refractivity contribution is -0.134. The highest BCUT2D eigenvalue weighted by molar-refractivity contribution is 5.89. The monoisotopic (exact) mass is 335 g/mol. The third-order valence-corrected chi connectivity index (χ3v) is 4.78. The summed E-state index contributed by atoms with van der Waals surface area (Å²) in [7, 11) is 0. The summed E-state index contributed by atoms with van der Waals surface area (Å²) >= 11 is 0. The number of carbonyl (C=O) groups is 1. The van der Waals surface area contributed by atoms with Gasteiger partial charge in [0.1, 0.15) is 5.65 Å². The lowest BCUT2D eigenvalue weighted by Crippen LogP contribution is -2.41. The number of carbonyl (C=O) groups excluding carboxylic acids is 1. The first-order valence-electron chi connectivity index (χ1n) is 8.60. The summed E-state index contributed by atoms with van der Waals surface area (Å²) in [5, 5.41) is 1.02. The van der Waals surface area contributed by atoms with E-state index in [1.54, 1.807) is 0 Å². The van der Waals surface area contributed by atoms with E-state index in [-0.39, 0.29) is 5.91 Å². The van der Waals surface area contributed by atoms with Crippen LogP contribution in [0.2, 0.25) is 0 Å². The van der Waals surface area contributed by atoms with E-state index < -0.39 is 0 Å². The van der Waals surface area contributed by atoms with E-state index >= 15 is 0 Å². The van der Waals surface area contributed by atoms with Crippen molar-refractivity contribution < 1.29 is 9.53 Å². The van der Waals surface area contributed by atoms with Gasteiger partial charge in [-0.2, -0.15) is 0 Å². The van der Waals surface area contributed by atoms with Gasteiger partial charge in [0.05, 0.1) is 19.6 Å². The van der Waals surface area contributed by atoms with Crippen LogP contribution in [0.4, 0.5) is 0 Å². The number of H-pyrrole nitrogens is 1. The number of ether oxygens (including phenoxy) is 1. The molecule has 128 valence electrons. The van der Waals surface area contributed by atoms with Crippen molar-refractivity contribution in [3.8, 4) is 11.1 Å². The smallest absolute Gasteiger partial charge is 0.227 e. The molecule has 0 unspecified atom stereocenters. The molecule has 1 aliphatic heterocycles. The van der Waals surface area contributed by atoms with Gasteiger partial charge in [-0.25, -0.2) is 4.98 Å². The minimum absolute atomic E-state index is 0.144. The first-order chi connectivity index (χ1) is 12.2. The third-order valence-electron chi connectivity index (χ3n) is 4.78. The Morgan fingerprint density at radius 2 is 2.08 bits per heavy atom. The van der Waals surface area contributed by atoms with Crippen LogP contribution in [0.5, 0.6) is 0 Å². The summed E-state index contributed by atoms with van der Waals surface area (Å²) in [5.41, 5.74) is 5.27. The molecule has 3 aromatic rings. The maximum Gasteiger partial charge on any atom is 0.227 e. The van der Waals surface area contributed by atoms with E-state index in [9.17, 15) is 4.79 Å². The third kappa shape index (κ3) is 3.15. The number of hydrogen-bond acceptors (Lipinski definition) is 3. The normalized spacial score (nSPS) is 14.8. The zero-order valence-electron chi connectivity index (χ0n) is 14.3. The van der Waals surface area contributed by atoms with Crippen molar-refractivity contribution in [2.24, 2.45) is 0 Å². The second kappa shape index (κ2) is 6.69. The van der Waals surface area contributed by atoms with E-state index in [4.69, 9.17) is 4.74 Å². The average molecular weight is 335 g/mol. The highest BCUT2D eigenvalue weighted by atomic mass is 16.5. The molecular formula is C20H21N3O2. The topological polar surface area (TPSA) is 58.2 Å². The van der Waals surface area contributed by atoms with Crippen molar-refractivity contribution in [1.82, 2.24) is 14.9 Å². The molecule has 1 amide bonds. The van der Waals surface area contributed by atoms with Gasteiger partial charge in [-0.1, -0.05) is 24.3 Å². The first kappa shape index (κ1) is 15.8. The summed E-state index contributed by atoms with van der Waals surface area (Å²) in [6.45, 7) is 4.69. The summed E-state index contributed by atoms with van der Waals surface area (Å²) in [4.78, 5) is 22.2. The largest absolute Gasteiger partial charge is 0.378 e. The summed E-state index contributed by atoms with van der Waals surface area (Å²) in [6, 6.07) is 10.4. The van der Waals surface area contributed by atoms with Crippen LogP contribution >= 0.6 is 0 Å². The molecule has 1 aliphatic rings. The fourth-order valence-electron chi connectivity index (χ4n) is 3.34. The van der Waals surface area contributed by atoms with E-state index in [1.807, 2.05) is 29.4 Å². The molecule has 0 atom stereocenters. The van der Waals surface area contributed by atoms with Crippen molar-refractivity contribution in [3.05, 3.63) is 53.9 Å². The van der Waals surface area contributed by atoms with Gasteiger partial charge in [-0.05, 0) is 29.7 Å². The van der Waals surface area contributed by atoms with Crippen LogP contribution < -0.4 is 0 Å². The van der Waals surface area contributed by atoms with Gasteiger partial charge in [0.2, 0.25) is 5.91 Å². The average Bonchev–Trinajstić information content (AvgIpc) is 3.05. The Labute approximate surface area is 146 Å². The Balaban J connectivity index is 1.65. The molecule has 5 heteroatoms. The molecule has 1 aromatic carbocycles. The molecule has 1 N–H and O–H groups in total. The molecule has 1 saturated heterocycles. The SMILES string of the molecule is Cc1ccccc1-c1cnc2[nH]cc(CC(=O)N3CCOCC3)c2c1. The van der Waals surface area contributed by atoms with E-state index in [1.165, 1.54) is 11.1 Å². The van der Waals surface area contributed by atoms with Crippen molar-refractivity contribution in [2.45, 2.75) is 13.3 Å². The number of rotatable bonds is 3. The van der Waals surface area contributed by atoms with Gasteiger partial charge >= 0.3 is 0 Å². The number of aromatic amines is 1. The molecule has 2 aromatic heterocycles. The summed E-state index contributed by atoms with van der Waals surface area (Å²) < 4.78 is 5.32. The number of hydrogen-bond donors (Lipinski definition) is 1. The number of benzene rings is 1. The predicted molar refractivity (Wildman–Crippen MR) is 97.4 cm³/mol. The highest BCUT2D eigenvalue weighted by Crippen LogP contribution is 2.27. The minimum Gasteiger partial charge on any atom is -0.378 e. The van der Waals surface area contributed by atoms with Crippen LogP contribution in [0.25, 0.3) is 22.2 Å². The molecule has 4 rings (SSSR count). The fraction of sp³-hybridized carbons (Fsp3) is 0.300. The standard InChI is InChI=1S/C20H21N3O2/c1-14-4-2-3-5-17(14)15-10-18-16(13-22-20(18)21-12-15)11-19(24)23-6-8-25-9-7-23/h2-5,10,12-13H,6-9,11H2,1H3,(H,21,22). The summed E-state index contributed by atoms with van der Waals surface area (Å²) in [6.07, 6.45) is 4.17. The van der Waals surface area contributed by atoms with Gasteiger partial charge < -0.3 is 14.6 Å². The molecule has 1 fully saturated rings. The van der Waals surface area contributed by atoms with Gasteiger partial charge in [0.15, 0.2) is 0 Å². The fourth-order valence-corrected chi connectivity index (χ4v) is 3.34. The molecule has 5 nitrogen and oxygen atoms in total. The number of nitrogens with one attached hydrogen (secondary N) is 1. The molecule has 0 radical (unpaired) electrons. The second-order valence-corrected chi connectivity index (χ2v) is 6.42. The number of aryl methyl sites for hydroxylation is 1. The molecule has 25 heavy (non-hydrogen) atoms. The van der Waals surface area contributed by atoms with E-state index in [2.05, 4.69) is 35.1 Å². The van der Waals surface area contributed by atoms with E-state index in [0.717, 1.165) is 22.2 Å². The Morgan fingerprint density at radius 1 is 1.28 bits per heavy atom. The van der Waals surface area contributed by atoms with Gasteiger partial charge in [0, 0.05) is 36.4 Å². The van der Waals surface area contributed by atoms with Crippen LogP contribution in [-0.4, -0.2) is 47.1 Å². The predicted octanol–water partition coefficient (Wildman–Crippen LogP) is 2.94. The van der Waals surface area contributed by atoms with Crippen molar-refractivity contribution in [3.63, 3.8) is 0 Å². The highest BCUT2D eigenvalue weighted by Gasteiger charge is 2.19. The van der Waals surface area contributed by atoms with Crippen LogP contribution in [-0.2, 0) is 16.0 Å². The lowest BCUT2D eigenvalue weighted by Gasteiger charge is -2.26. The number of nitrogens with zero attached hydrogens (tertiary/aromatic N) is 2. The second-order valence-electron chi connectivity index (χ2n) is 6.42. The van der Waals surface area contributed by atoms with Crippen LogP contribution in [0.3, 0.4) is 0 Å². The quantitative estimate of drug-likeness (QED) is 0.800. The number of fused-ring (bicyclic) bond motifs is 1. The maximum absolute atomic E-state index is 12.6. The molecular weight excluding hydrogens is 314 g/mol. The Bertz CT molecular complexity index is 910. The number of pyridine rings is 1. The van der Waals surface area contributed by atoms with Crippen LogP contribution in [0.1, 0.15) is 11.1 Å². The van der Waals surface area contributed by atoms with Gasteiger partial charge in [-0.3, -0.25) is 4.79 Å². The molecule has 0 aliphatic carbocycles. The lowest BCUT2D eigenvalue weighted by atomic mass is 10.0. The molecule has 0 spiro atoms. The molecule has 0 bridgehead atoms. The van der Waals surface area contributed by atoms with Crippen LogP contribution in [0, 0.1) is 6.92 Å². The van der Waals surface area contributed by atoms with Gasteiger partial charge in [-0.15, -0.1) is 0 Å². The number of aromatic nitrogens is 2. The molecule has 0 saturated carbocycles. The Hall–Kier alpha value is -2.66. The number of morpholine rings is 1. The van der Waals surface area contributed by atoms with Crippen LogP contribution in [0.15, 0.2) is 42.7 Å². The Morgan fingerprint density at radius 3 is 2.88 bits per heavy atom. The minimum atomic E-state index is 0.144. The zero-order chi connectivity index (χ0) is 17.2. The maximum atomic E-state index is 12.6. The zero-order valence-corrected chi connectivity index (χ0v) is 14.3. The van der Waals surface area contributed by atoms with Crippen molar-refractivity contribution in [1.29, 1.82) is 0 Å². The van der Waals surface area contributed by atoms with Gasteiger partial charge in [0.25, 0.3) is 0 Å². The number of amides is 1. The van der Waals surface area contributed by atoms with E-state index in [0.29, 0.717) is 32.7 Å². The van der Waals surface area contributed by atoms with Crippen molar-refractivity contribution >= 4 is 16.9 Å².